The van der Waals surface area contributed by atoms with Crippen molar-refractivity contribution in [2.75, 3.05) is 26.2 Å². The minimum atomic E-state index is -0.126. The lowest BCUT2D eigenvalue weighted by Crippen LogP contribution is -2.29. The van der Waals surface area contributed by atoms with E-state index in [0.29, 0.717) is 0 Å². The molecule has 0 aromatic carbocycles. The third-order valence-electron chi connectivity index (χ3n) is 4.06. The lowest BCUT2D eigenvalue weighted by molar-refractivity contribution is 0.526. The van der Waals surface area contributed by atoms with Gasteiger partial charge in [0.25, 0.3) is 0 Å². The van der Waals surface area contributed by atoms with E-state index in [-0.39, 0.29) is 6.17 Å². The Morgan fingerprint density at radius 1 is 0.591 bits per heavy atom. The summed E-state index contributed by atoms with van der Waals surface area (Å²) in [7, 11) is 0. The van der Waals surface area contributed by atoms with Crippen LogP contribution in [0.1, 0.15) is 84.0 Å². The van der Waals surface area contributed by atoms with Crippen LogP contribution >= 0.6 is 0 Å². The molecule has 0 heterocycles. The molecule has 0 amide bonds. The van der Waals surface area contributed by atoms with E-state index in [2.05, 4.69) is 17.6 Å². The zero-order valence-electron chi connectivity index (χ0n) is 15.0. The fourth-order valence-corrected chi connectivity index (χ4v) is 2.59. The summed E-state index contributed by atoms with van der Waals surface area (Å²) in [5.74, 6) is 0. The molecular formula is C18H42N4. The fraction of sp³-hybridized carbons (Fsp3) is 1.00. The van der Waals surface area contributed by atoms with Gasteiger partial charge in [-0.3, -0.25) is 0 Å². The average Bonchev–Trinajstić information content (AvgIpc) is 2.50. The van der Waals surface area contributed by atoms with E-state index in [9.17, 15) is 0 Å². The van der Waals surface area contributed by atoms with E-state index < -0.39 is 0 Å². The van der Waals surface area contributed by atoms with Crippen LogP contribution in [-0.4, -0.2) is 32.3 Å². The van der Waals surface area contributed by atoms with Gasteiger partial charge < -0.3 is 22.1 Å². The van der Waals surface area contributed by atoms with E-state index in [1.807, 2.05) is 0 Å². The molecule has 6 N–H and O–H groups in total. The first-order valence-electron chi connectivity index (χ1n) is 9.70. The summed E-state index contributed by atoms with van der Waals surface area (Å²) in [6.07, 6.45) is 15.3. The Bertz CT molecular complexity index is 198. The average molecular weight is 315 g/mol. The van der Waals surface area contributed by atoms with E-state index in [1.165, 1.54) is 83.8 Å². The molecule has 134 valence electrons. The Balaban J connectivity index is 2.94. The van der Waals surface area contributed by atoms with Crippen molar-refractivity contribution in [2.24, 2.45) is 11.5 Å². The van der Waals surface area contributed by atoms with Crippen LogP contribution in [0, 0.1) is 0 Å². The van der Waals surface area contributed by atoms with Crippen molar-refractivity contribution in [3.05, 3.63) is 0 Å². The summed E-state index contributed by atoms with van der Waals surface area (Å²) in [6, 6.07) is 0. The summed E-state index contributed by atoms with van der Waals surface area (Å²) in [5.41, 5.74) is 11.0. The predicted octanol–water partition coefficient (Wildman–Crippen LogP) is 3.11. The maximum absolute atomic E-state index is 5.52. The molecule has 22 heavy (non-hydrogen) atoms. The second-order valence-electron chi connectivity index (χ2n) is 6.49. The number of hydrogen-bond acceptors (Lipinski definition) is 4. The standard InChI is InChI=1S/C18H42N4/c1-2-3-4-9-14-21-15-10-5-6-11-16-22-17-12-7-8-13-18(19)20/h18,21-22H,2-17,19-20H2,1H3. The summed E-state index contributed by atoms with van der Waals surface area (Å²) < 4.78 is 0. The SMILES string of the molecule is CCCCCCNCCCCCCNCCCCCC(N)N. The minimum Gasteiger partial charge on any atom is -0.317 e. The van der Waals surface area contributed by atoms with Crippen molar-refractivity contribution in [2.45, 2.75) is 90.1 Å². The van der Waals surface area contributed by atoms with Gasteiger partial charge in [-0.05, 0) is 58.3 Å². The van der Waals surface area contributed by atoms with Crippen molar-refractivity contribution in [3.8, 4) is 0 Å². The third kappa shape index (κ3) is 19.8. The highest BCUT2D eigenvalue weighted by molar-refractivity contribution is 4.55. The fourth-order valence-electron chi connectivity index (χ4n) is 2.59. The van der Waals surface area contributed by atoms with Crippen LogP contribution in [0.3, 0.4) is 0 Å². The van der Waals surface area contributed by atoms with Gasteiger partial charge in [0.1, 0.15) is 0 Å². The van der Waals surface area contributed by atoms with Crippen LogP contribution in [0.5, 0.6) is 0 Å². The molecule has 0 atom stereocenters. The molecule has 0 aromatic rings. The Kier molecular flexibility index (Phi) is 18.8. The van der Waals surface area contributed by atoms with E-state index in [0.717, 1.165) is 19.4 Å². The van der Waals surface area contributed by atoms with Gasteiger partial charge >= 0.3 is 0 Å². The summed E-state index contributed by atoms with van der Waals surface area (Å²) in [4.78, 5) is 0. The predicted molar refractivity (Wildman–Crippen MR) is 99.0 cm³/mol. The van der Waals surface area contributed by atoms with Crippen LogP contribution in [0.2, 0.25) is 0 Å². The van der Waals surface area contributed by atoms with Crippen molar-refractivity contribution in [3.63, 3.8) is 0 Å². The molecular weight excluding hydrogens is 272 g/mol. The van der Waals surface area contributed by atoms with Crippen LogP contribution in [0.25, 0.3) is 0 Å². The molecule has 4 heteroatoms. The van der Waals surface area contributed by atoms with Gasteiger partial charge in [0.05, 0.1) is 6.17 Å². The number of nitrogens with one attached hydrogen (secondary N) is 2. The molecule has 0 aliphatic heterocycles. The maximum Gasteiger partial charge on any atom is 0.0520 e. The van der Waals surface area contributed by atoms with Crippen LogP contribution in [-0.2, 0) is 0 Å². The number of rotatable bonds is 18. The molecule has 0 radical (unpaired) electrons. The molecule has 0 rings (SSSR count). The summed E-state index contributed by atoms with van der Waals surface area (Å²) >= 11 is 0. The first-order chi connectivity index (χ1) is 10.8. The van der Waals surface area contributed by atoms with Gasteiger partial charge in [-0.2, -0.15) is 0 Å². The van der Waals surface area contributed by atoms with Gasteiger partial charge in [-0.1, -0.05) is 51.9 Å². The largest absolute Gasteiger partial charge is 0.317 e. The lowest BCUT2D eigenvalue weighted by atomic mass is 10.1. The number of hydrogen-bond donors (Lipinski definition) is 4. The minimum absolute atomic E-state index is 0.126. The van der Waals surface area contributed by atoms with Crippen molar-refractivity contribution >= 4 is 0 Å². The van der Waals surface area contributed by atoms with Gasteiger partial charge in [0.15, 0.2) is 0 Å². The molecule has 0 saturated heterocycles. The Hall–Kier alpha value is -0.160. The number of nitrogens with two attached hydrogens (primary N) is 2. The highest BCUT2D eigenvalue weighted by Gasteiger charge is 1.95. The van der Waals surface area contributed by atoms with E-state index in [1.54, 1.807) is 0 Å². The van der Waals surface area contributed by atoms with E-state index in [4.69, 9.17) is 11.5 Å². The van der Waals surface area contributed by atoms with E-state index >= 15 is 0 Å². The molecule has 0 aliphatic rings. The summed E-state index contributed by atoms with van der Waals surface area (Å²) in [5, 5.41) is 7.08. The monoisotopic (exact) mass is 314 g/mol. The van der Waals surface area contributed by atoms with Crippen LogP contribution in [0.15, 0.2) is 0 Å². The zero-order valence-corrected chi connectivity index (χ0v) is 15.0. The molecule has 0 bridgehead atoms. The van der Waals surface area contributed by atoms with Crippen molar-refractivity contribution < 1.29 is 0 Å². The molecule has 0 spiro atoms. The highest BCUT2D eigenvalue weighted by atomic mass is 14.9. The molecule has 0 aliphatic carbocycles. The first kappa shape index (κ1) is 21.8. The van der Waals surface area contributed by atoms with Gasteiger partial charge in [0.2, 0.25) is 0 Å². The molecule has 4 nitrogen and oxygen atoms in total. The second-order valence-corrected chi connectivity index (χ2v) is 6.49. The molecule has 0 aromatic heterocycles. The zero-order chi connectivity index (χ0) is 16.3. The molecule has 0 saturated carbocycles. The van der Waals surface area contributed by atoms with Crippen LogP contribution < -0.4 is 22.1 Å². The van der Waals surface area contributed by atoms with Crippen molar-refractivity contribution in [1.82, 2.24) is 10.6 Å². The molecule has 0 unspecified atom stereocenters. The second kappa shape index (κ2) is 18.9. The van der Waals surface area contributed by atoms with Crippen molar-refractivity contribution in [1.29, 1.82) is 0 Å². The first-order valence-corrected chi connectivity index (χ1v) is 9.70. The van der Waals surface area contributed by atoms with Gasteiger partial charge in [-0.25, -0.2) is 0 Å². The smallest absolute Gasteiger partial charge is 0.0520 e. The Labute approximate surface area is 139 Å². The Morgan fingerprint density at radius 3 is 1.41 bits per heavy atom. The van der Waals surface area contributed by atoms with Gasteiger partial charge in [-0.15, -0.1) is 0 Å². The summed E-state index contributed by atoms with van der Waals surface area (Å²) in [6.45, 7) is 6.97. The number of unbranched alkanes of at least 4 members (excludes halogenated alkanes) is 8. The third-order valence-corrected chi connectivity index (χ3v) is 4.06. The highest BCUT2D eigenvalue weighted by Crippen LogP contribution is 2.01. The molecule has 0 fully saturated rings. The normalized spacial score (nSPS) is 11.5. The quantitative estimate of drug-likeness (QED) is 0.232. The maximum atomic E-state index is 5.52. The lowest BCUT2D eigenvalue weighted by Gasteiger charge is -2.07. The Morgan fingerprint density at radius 2 is 1.00 bits per heavy atom. The van der Waals surface area contributed by atoms with Crippen LogP contribution in [0.4, 0.5) is 0 Å². The topological polar surface area (TPSA) is 76.1 Å². The van der Waals surface area contributed by atoms with Gasteiger partial charge in [0, 0.05) is 0 Å².